The van der Waals surface area contributed by atoms with E-state index in [1.807, 2.05) is 0 Å². The number of nitrogens with zero attached hydrogens (tertiary/aromatic N) is 4. The quantitative estimate of drug-likeness (QED) is 0.167. The van der Waals surface area contributed by atoms with E-state index in [0.29, 0.717) is 17.3 Å². The predicted molar refractivity (Wildman–Crippen MR) is 145 cm³/mol. The van der Waals surface area contributed by atoms with Gasteiger partial charge in [-0.15, -0.1) is 0 Å². The van der Waals surface area contributed by atoms with Crippen LogP contribution < -0.4 is 10.4 Å². The fourth-order valence-corrected chi connectivity index (χ4v) is 11.7. The Bertz CT molecular complexity index is 1420. The highest BCUT2D eigenvalue weighted by Crippen LogP contribution is 2.67. The molecule has 7 N–H and O–H groups in total. The Balaban J connectivity index is 1.25. The van der Waals surface area contributed by atoms with E-state index in [1.165, 1.54) is 30.2 Å². The van der Waals surface area contributed by atoms with E-state index < -0.39 is 52.1 Å². The summed E-state index contributed by atoms with van der Waals surface area (Å²) in [5.41, 5.74) is 1.11. The molecule has 0 amide bonds. The number of halogens is 1. The summed E-state index contributed by atoms with van der Waals surface area (Å²) in [4.78, 5) is 41.2. The maximum absolute atomic E-state index is 12.1. The molecule has 0 aromatic carbocycles. The summed E-state index contributed by atoms with van der Waals surface area (Å²) < 4.78 is 30.5. The zero-order chi connectivity index (χ0) is 28.9. The highest BCUT2D eigenvalue weighted by atomic mass is 35.5. The number of aliphatic hydroxyl groups is 2. The first-order valence-electron chi connectivity index (χ1n) is 13.3. The molecule has 1 aliphatic heterocycles. The van der Waals surface area contributed by atoms with Crippen molar-refractivity contribution in [2.45, 2.75) is 82.5 Å². The van der Waals surface area contributed by atoms with Crippen molar-refractivity contribution in [1.29, 1.82) is 0 Å². The van der Waals surface area contributed by atoms with Crippen LogP contribution in [0, 0.1) is 16.7 Å². The van der Waals surface area contributed by atoms with Gasteiger partial charge in [0.2, 0.25) is 5.28 Å². The van der Waals surface area contributed by atoms with Crippen molar-refractivity contribution < 1.29 is 38.8 Å². The third-order valence-corrected chi connectivity index (χ3v) is 12.8. The molecule has 4 unspecified atom stereocenters. The summed E-state index contributed by atoms with van der Waals surface area (Å²) in [5.74, 6) is -0.130. The van der Waals surface area contributed by atoms with E-state index in [4.69, 9.17) is 26.1 Å². The van der Waals surface area contributed by atoms with Gasteiger partial charge in [-0.25, -0.2) is 10.1 Å². The molecule has 4 aliphatic carbocycles. The van der Waals surface area contributed by atoms with Crippen LogP contribution in [0.25, 0.3) is 11.2 Å². The van der Waals surface area contributed by atoms with Crippen molar-refractivity contribution in [2.24, 2.45) is 16.7 Å². The first kappa shape index (κ1) is 28.9. The van der Waals surface area contributed by atoms with Crippen LogP contribution in [-0.4, -0.2) is 80.7 Å². The fourth-order valence-electron chi connectivity index (χ4n) is 8.66. The second-order valence-corrected chi connectivity index (χ2v) is 17.6. The maximum Gasteiger partial charge on any atom is 0.336 e. The van der Waals surface area contributed by atoms with Gasteiger partial charge < -0.3 is 34.9 Å². The number of rotatable bonds is 8. The molecular weight excluding hydrogens is 586 g/mol. The van der Waals surface area contributed by atoms with Gasteiger partial charge in [0.05, 0.1) is 6.33 Å². The zero-order valence-electron chi connectivity index (χ0n) is 22.1. The van der Waals surface area contributed by atoms with Gasteiger partial charge in [0.1, 0.15) is 24.2 Å². The van der Waals surface area contributed by atoms with E-state index in [-0.39, 0.29) is 27.3 Å². The van der Waals surface area contributed by atoms with E-state index in [0.717, 1.165) is 19.3 Å². The molecule has 5 aliphatic rings. The number of anilines is 1. The molecule has 14 nitrogen and oxygen atoms in total. The molecule has 4 bridgehead atoms. The normalized spacial score (nSPS) is 40.5. The first-order valence-corrected chi connectivity index (χ1v) is 17.3. The number of ether oxygens (including phenoxy) is 1. The van der Waals surface area contributed by atoms with Gasteiger partial charge in [0, 0.05) is 12.1 Å². The number of aromatic nitrogens is 4. The summed E-state index contributed by atoms with van der Waals surface area (Å²) in [6, 6.07) is 0. The lowest BCUT2D eigenvalue weighted by atomic mass is 9.43. The molecule has 3 heterocycles. The van der Waals surface area contributed by atoms with Gasteiger partial charge in [-0.05, 0) is 66.9 Å². The van der Waals surface area contributed by atoms with Crippen molar-refractivity contribution in [2.75, 3.05) is 17.8 Å². The van der Waals surface area contributed by atoms with Gasteiger partial charge >= 0.3 is 7.60 Å². The number of nitrogens with one attached hydrogen (secondary N) is 2. The Kier molecular flexibility index (Phi) is 6.80. The lowest BCUT2D eigenvalue weighted by Gasteiger charge is -2.65. The van der Waals surface area contributed by atoms with Crippen LogP contribution >= 0.6 is 26.7 Å². The average molecular weight is 621 g/mol. The van der Waals surface area contributed by atoms with E-state index in [9.17, 15) is 24.2 Å². The summed E-state index contributed by atoms with van der Waals surface area (Å²) in [6.07, 6.45) is 2.92. The fraction of sp³-hybridized carbons (Fsp3) is 0.783. The highest BCUT2D eigenvalue weighted by molar-refractivity contribution is 7.71. The smallest absolute Gasteiger partial charge is 0.336 e. The summed E-state index contributed by atoms with van der Waals surface area (Å²) in [6.45, 7) is 4.31. The first-order chi connectivity index (χ1) is 18.5. The Labute approximate surface area is 235 Å². The number of fused-ring (bicyclic) bond motifs is 1. The van der Waals surface area contributed by atoms with Crippen LogP contribution in [-0.2, 0) is 13.9 Å². The Morgan fingerprint density at radius 2 is 1.75 bits per heavy atom. The van der Waals surface area contributed by atoms with Crippen molar-refractivity contribution >= 4 is 43.7 Å². The molecule has 1 saturated heterocycles. The number of aliphatic hydroxyl groups excluding tert-OH is 2. The second kappa shape index (κ2) is 9.41. The third-order valence-electron chi connectivity index (χ3n) is 8.93. The van der Waals surface area contributed by atoms with Crippen LogP contribution in [0.4, 0.5) is 5.82 Å². The van der Waals surface area contributed by atoms with Gasteiger partial charge in [-0.3, -0.25) is 13.7 Å². The molecule has 4 saturated carbocycles. The van der Waals surface area contributed by atoms with Gasteiger partial charge in [0.15, 0.2) is 23.2 Å². The average Bonchev–Trinajstić information content (AvgIpc) is 3.29. The molecule has 40 heavy (non-hydrogen) atoms. The van der Waals surface area contributed by atoms with Crippen LogP contribution in [0.1, 0.15) is 58.6 Å². The molecule has 2 aromatic heterocycles. The minimum Gasteiger partial charge on any atom is -0.387 e. The second-order valence-electron chi connectivity index (χ2n) is 13.1. The standard InChI is InChI=1S/C23H35ClN6O8P2/c1-21-3-12-4-22(2,7-21)9-23(5-12,8-21)29-17-14-18(28-20(24)27-17)30(10-25-14)19-16(32)15(31)13(38-19)6-26-39(33,34)11-40(35,36)37/h10,12-13,15-16,19,31-32H,3-9,11H2,1-2H3,(H2,26,33,34)(H,27,28,29)(H2,35,36,37)/t12?,13-,15?,16?,19-,21-,22+,23+/m1/s1. The van der Waals surface area contributed by atoms with Crippen molar-refractivity contribution in [3.05, 3.63) is 11.6 Å². The SMILES string of the molecule is C[C@]12CC3C[C@](C)(C1)C[C@@](Nc1nc(Cl)nc4c1ncn4[C@@H]1O[C@H](CNP(=O)(O)CP(=O)(O)O)C(O)C1O)(C3)C2. The number of hydrogen-bond acceptors (Lipinski definition) is 9. The summed E-state index contributed by atoms with van der Waals surface area (Å²) >= 11 is 6.36. The lowest BCUT2D eigenvalue weighted by Crippen LogP contribution is -2.61. The molecule has 5 fully saturated rings. The zero-order valence-corrected chi connectivity index (χ0v) is 24.7. The third kappa shape index (κ3) is 5.37. The van der Waals surface area contributed by atoms with Gasteiger partial charge in [-0.2, -0.15) is 9.97 Å². The van der Waals surface area contributed by atoms with Crippen LogP contribution in [0.3, 0.4) is 0 Å². The Morgan fingerprint density at radius 1 is 1.07 bits per heavy atom. The molecule has 17 heteroatoms. The highest BCUT2D eigenvalue weighted by Gasteiger charge is 2.60. The molecule has 0 spiro atoms. The van der Waals surface area contributed by atoms with Crippen molar-refractivity contribution in [3.8, 4) is 0 Å². The van der Waals surface area contributed by atoms with Gasteiger partial charge in [-0.1, -0.05) is 13.8 Å². The van der Waals surface area contributed by atoms with Crippen molar-refractivity contribution in [1.82, 2.24) is 24.6 Å². The molecule has 2 aromatic rings. The Hall–Kier alpha value is -1.18. The number of hydrogen-bond donors (Lipinski definition) is 7. The largest absolute Gasteiger partial charge is 0.387 e. The van der Waals surface area contributed by atoms with Crippen molar-refractivity contribution in [3.63, 3.8) is 0 Å². The minimum atomic E-state index is -4.77. The van der Waals surface area contributed by atoms with E-state index in [2.05, 4.69) is 39.2 Å². The topological polar surface area (TPSA) is 212 Å². The summed E-state index contributed by atoms with van der Waals surface area (Å²) in [7, 11) is -9.20. The molecule has 9 atom stereocenters. The maximum atomic E-state index is 12.1. The van der Waals surface area contributed by atoms with E-state index in [1.54, 1.807) is 0 Å². The monoisotopic (exact) mass is 620 g/mol. The molecule has 7 rings (SSSR count). The minimum absolute atomic E-state index is 0.0243. The van der Waals surface area contributed by atoms with Crippen LogP contribution in [0.5, 0.6) is 0 Å². The lowest BCUT2D eigenvalue weighted by molar-refractivity contribution is -0.0973. The van der Waals surface area contributed by atoms with Gasteiger partial charge in [0.25, 0.3) is 7.52 Å². The molecule has 222 valence electrons. The molecular formula is C23H35ClN6O8P2. The Morgan fingerprint density at radius 3 is 2.38 bits per heavy atom. The van der Waals surface area contributed by atoms with E-state index >= 15 is 0 Å². The van der Waals surface area contributed by atoms with Crippen LogP contribution in [0.15, 0.2) is 6.33 Å². The predicted octanol–water partition coefficient (Wildman–Crippen LogP) is 2.17. The van der Waals surface area contributed by atoms with Crippen LogP contribution in [0.2, 0.25) is 5.28 Å². The number of imidazole rings is 1. The summed E-state index contributed by atoms with van der Waals surface area (Å²) in [5, 5.41) is 27.2. The molecule has 0 radical (unpaired) electrons.